The molecule has 0 aromatic carbocycles. The molecule has 0 heterocycles. The number of nitrogens with zero attached hydrogens (tertiary/aromatic N) is 1. The Morgan fingerprint density at radius 2 is 1.63 bits per heavy atom. The lowest BCUT2D eigenvalue weighted by atomic mass is 10.1. The van der Waals surface area contributed by atoms with Crippen molar-refractivity contribution in [2.75, 3.05) is 0 Å². The smallest absolute Gasteiger partial charge is 0.303 e. The molecule has 0 aromatic rings. The van der Waals surface area contributed by atoms with Gasteiger partial charge in [-0.2, -0.15) is 0 Å². The first-order chi connectivity index (χ1) is 8.93. The third-order valence-electron chi connectivity index (χ3n) is 2.24. The van der Waals surface area contributed by atoms with Crippen LogP contribution in [0.4, 0.5) is 0 Å². The molecule has 112 valence electrons. The topological polar surface area (TPSA) is 113 Å². The van der Waals surface area contributed by atoms with E-state index in [0.29, 0.717) is 0 Å². The number of carboxylic acids is 2. The number of hydrogen-bond acceptors (Lipinski definition) is 5. The molecule has 0 spiro atoms. The van der Waals surface area contributed by atoms with E-state index >= 15 is 0 Å². The first-order valence-corrected chi connectivity index (χ1v) is 6.36. The molecular weight excluding hydrogens is 254 g/mol. The molecule has 0 fully saturated rings. The Labute approximate surface area is 112 Å². The monoisotopic (exact) mass is 277 g/mol. The van der Waals surface area contributed by atoms with Gasteiger partial charge in [0.25, 0.3) is 0 Å². The van der Waals surface area contributed by atoms with Crippen molar-refractivity contribution in [3.05, 3.63) is 4.91 Å². The summed E-state index contributed by atoms with van der Waals surface area (Å²) in [6, 6.07) is 0. The summed E-state index contributed by atoms with van der Waals surface area (Å²) in [5.41, 5.74) is 0. The number of unbranched alkanes of at least 4 members (excludes halogenated alkanes) is 3. The summed E-state index contributed by atoms with van der Waals surface area (Å²) in [5.74, 6) is -2.15. The summed E-state index contributed by atoms with van der Waals surface area (Å²) in [7, 11) is 0. The molecule has 0 saturated heterocycles. The summed E-state index contributed by atoms with van der Waals surface area (Å²) < 4.78 is 0. The van der Waals surface area contributed by atoms with Crippen molar-refractivity contribution < 1.29 is 24.6 Å². The standard InChI is InChI=1S/C8H17NO2.C4H6O4/c1-3-4-5-6-7-8(2)11-9-10;5-3(6)1-2-4(7)8/h8H,3-7H2,1-2H3;1-2H2,(H,5,6)(H,7,8). The summed E-state index contributed by atoms with van der Waals surface area (Å²) in [4.78, 5) is 33.4. The largest absolute Gasteiger partial charge is 0.481 e. The Bertz CT molecular complexity index is 243. The second kappa shape index (κ2) is 14.4. The molecule has 0 bridgehead atoms. The minimum atomic E-state index is -1.08. The number of aliphatic carboxylic acids is 2. The molecule has 0 aromatic heterocycles. The van der Waals surface area contributed by atoms with Gasteiger partial charge in [0, 0.05) is 0 Å². The summed E-state index contributed by atoms with van der Waals surface area (Å²) in [6.45, 7) is 4.04. The van der Waals surface area contributed by atoms with E-state index in [0.717, 1.165) is 12.8 Å². The molecule has 0 amide bonds. The van der Waals surface area contributed by atoms with Crippen molar-refractivity contribution in [3.63, 3.8) is 0 Å². The highest BCUT2D eigenvalue weighted by atomic mass is 16.7. The van der Waals surface area contributed by atoms with Crippen LogP contribution in [0.25, 0.3) is 0 Å². The molecular formula is C12H23NO6. The van der Waals surface area contributed by atoms with Gasteiger partial charge in [0.05, 0.1) is 12.8 Å². The second-order valence-electron chi connectivity index (χ2n) is 4.13. The Balaban J connectivity index is 0. The lowest BCUT2D eigenvalue weighted by molar-refractivity contribution is -0.143. The highest BCUT2D eigenvalue weighted by Gasteiger charge is 2.01. The zero-order chi connectivity index (χ0) is 15.1. The summed E-state index contributed by atoms with van der Waals surface area (Å²) >= 11 is 0. The lowest BCUT2D eigenvalue weighted by Gasteiger charge is -2.05. The zero-order valence-electron chi connectivity index (χ0n) is 11.5. The number of carbonyl (C=O) groups is 2. The lowest BCUT2D eigenvalue weighted by Crippen LogP contribution is -2.02. The van der Waals surface area contributed by atoms with E-state index in [-0.39, 0.29) is 18.9 Å². The van der Waals surface area contributed by atoms with Gasteiger partial charge in [-0.1, -0.05) is 26.2 Å². The van der Waals surface area contributed by atoms with Crippen LogP contribution in [0.5, 0.6) is 0 Å². The zero-order valence-corrected chi connectivity index (χ0v) is 11.5. The molecule has 1 atom stereocenters. The molecule has 0 aliphatic heterocycles. The molecule has 0 radical (unpaired) electrons. The average molecular weight is 277 g/mol. The average Bonchev–Trinajstić information content (AvgIpc) is 2.33. The molecule has 7 nitrogen and oxygen atoms in total. The van der Waals surface area contributed by atoms with Gasteiger partial charge >= 0.3 is 11.9 Å². The molecule has 2 N–H and O–H groups in total. The fraction of sp³-hybridized carbons (Fsp3) is 0.833. The van der Waals surface area contributed by atoms with Crippen LogP contribution < -0.4 is 0 Å². The predicted octanol–water partition coefficient (Wildman–Crippen LogP) is 2.98. The van der Waals surface area contributed by atoms with Crippen molar-refractivity contribution in [1.82, 2.24) is 0 Å². The molecule has 0 rings (SSSR count). The van der Waals surface area contributed by atoms with E-state index in [9.17, 15) is 14.5 Å². The van der Waals surface area contributed by atoms with Crippen molar-refractivity contribution in [2.24, 2.45) is 5.34 Å². The van der Waals surface area contributed by atoms with Crippen LogP contribution in [0.1, 0.15) is 58.8 Å². The van der Waals surface area contributed by atoms with Crippen LogP contribution in [-0.4, -0.2) is 28.3 Å². The van der Waals surface area contributed by atoms with Crippen LogP contribution >= 0.6 is 0 Å². The van der Waals surface area contributed by atoms with Gasteiger partial charge in [-0.15, -0.1) is 4.91 Å². The molecule has 0 aliphatic rings. The Morgan fingerprint density at radius 1 is 1.11 bits per heavy atom. The molecule has 19 heavy (non-hydrogen) atoms. The second-order valence-corrected chi connectivity index (χ2v) is 4.13. The number of hydrogen-bond donors (Lipinski definition) is 2. The number of rotatable bonds is 10. The van der Waals surface area contributed by atoms with Crippen LogP contribution in [0.15, 0.2) is 5.34 Å². The fourth-order valence-corrected chi connectivity index (χ4v) is 1.20. The van der Waals surface area contributed by atoms with Gasteiger partial charge in [-0.05, 0) is 19.8 Å². The third kappa shape index (κ3) is 22.1. The Kier molecular flexibility index (Phi) is 14.9. The van der Waals surface area contributed by atoms with Crippen molar-refractivity contribution in [2.45, 2.75) is 64.9 Å². The van der Waals surface area contributed by atoms with Gasteiger partial charge in [0.1, 0.15) is 6.10 Å². The molecule has 0 aliphatic carbocycles. The van der Waals surface area contributed by atoms with Crippen LogP contribution in [-0.2, 0) is 14.4 Å². The molecule has 7 heteroatoms. The van der Waals surface area contributed by atoms with Crippen LogP contribution in [0.3, 0.4) is 0 Å². The normalized spacial score (nSPS) is 10.8. The maximum atomic E-state index is 9.64. The molecule has 1 unspecified atom stereocenters. The fourth-order valence-electron chi connectivity index (χ4n) is 1.20. The highest BCUT2D eigenvalue weighted by Crippen LogP contribution is 2.07. The SMILES string of the molecule is CCCCCCC(C)ON=O.O=C(O)CCC(=O)O. The minimum Gasteiger partial charge on any atom is -0.481 e. The predicted molar refractivity (Wildman–Crippen MR) is 69.6 cm³/mol. The van der Waals surface area contributed by atoms with E-state index < -0.39 is 11.9 Å². The van der Waals surface area contributed by atoms with Crippen molar-refractivity contribution >= 4 is 11.9 Å². The van der Waals surface area contributed by atoms with E-state index in [4.69, 9.17) is 10.2 Å². The van der Waals surface area contributed by atoms with Gasteiger partial charge in [0.15, 0.2) is 5.34 Å². The van der Waals surface area contributed by atoms with Gasteiger partial charge in [-0.3, -0.25) is 9.59 Å². The number of carboxylic acid groups (broad SMARTS) is 2. The quantitative estimate of drug-likeness (QED) is 0.360. The van der Waals surface area contributed by atoms with Gasteiger partial charge in [-0.25, -0.2) is 0 Å². The van der Waals surface area contributed by atoms with E-state index in [1.165, 1.54) is 19.3 Å². The summed E-state index contributed by atoms with van der Waals surface area (Å²) in [5, 5.41) is 18.2. The van der Waals surface area contributed by atoms with Gasteiger partial charge < -0.3 is 15.1 Å². The Hall–Kier alpha value is -1.66. The van der Waals surface area contributed by atoms with E-state index in [1.54, 1.807) is 0 Å². The molecule has 0 saturated carbocycles. The third-order valence-corrected chi connectivity index (χ3v) is 2.24. The summed E-state index contributed by atoms with van der Waals surface area (Å²) in [6.07, 6.45) is 5.19. The van der Waals surface area contributed by atoms with Gasteiger partial charge in [0.2, 0.25) is 0 Å². The highest BCUT2D eigenvalue weighted by molar-refractivity contribution is 5.75. The maximum absolute atomic E-state index is 9.64. The first kappa shape index (κ1) is 19.7. The van der Waals surface area contributed by atoms with Crippen molar-refractivity contribution in [3.8, 4) is 0 Å². The first-order valence-electron chi connectivity index (χ1n) is 6.36. The van der Waals surface area contributed by atoms with E-state index in [2.05, 4.69) is 17.1 Å². The van der Waals surface area contributed by atoms with Crippen molar-refractivity contribution in [1.29, 1.82) is 0 Å². The van der Waals surface area contributed by atoms with Crippen LogP contribution in [0.2, 0.25) is 0 Å². The van der Waals surface area contributed by atoms with E-state index in [1.807, 2.05) is 6.92 Å². The van der Waals surface area contributed by atoms with Crippen LogP contribution in [0, 0.1) is 4.91 Å². The maximum Gasteiger partial charge on any atom is 0.303 e. The Morgan fingerprint density at radius 3 is 2.00 bits per heavy atom. The minimum absolute atomic E-state index is 0.00986.